The van der Waals surface area contributed by atoms with E-state index in [2.05, 4.69) is 17.6 Å². The fraction of sp³-hybridized carbons (Fsp3) is 0.267. The second-order valence-corrected chi connectivity index (χ2v) is 4.90. The Morgan fingerprint density at radius 3 is 2.62 bits per heavy atom. The monoisotopic (exact) mass is 304 g/mol. The van der Waals surface area contributed by atoms with E-state index in [0.29, 0.717) is 24.4 Å². The number of hydrogen-bond acceptors (Lipinski definition) is 4. The number of carboxylic acid groups (broad SMARTS) is 1. The molecule has 1 amide bonds. The Kier molecular flexibility index (Phi) is 5.16. The van der Waals surface area contributed by atoms with Crippen LogP contribution >= 0.6 is 12.6 Å². The Balaban J connectivity index is 2.28. The summed E-state index contributed by atoms with van der Waals surface area (Å²) < 4.78 is 0. The molecule has 1 heterocycles. The average molecular weight is 304 g/mol. The molecular weight excluding hydrogens is 288 g/mol. The Bertz CT molecular complexity index is 584. The van der Waals surface area contributed by atoms with Crippen LogP contribution in [0.5, 0.6) is 0 Å². The van der Waals surface area contributed by atoms with Crippen LogP contribution in [-0.2, 0) is 4.79 Å². The number of carbonyl (C=O) groups excluding carboxylic acids is 1. The standard InChI is InChI=1S/C15H16N2O3S/c18-14(11-6-2-1-3-7-11)17-9-5-4-8-13(17)16-12(10-21)15(19)20/h1-7,12,21H,8-10H2,(H,19,20)/t12-/m1/s1. The molecule has 21 heavy (non-hydrogen) atoms. The first-order valence-electron chi connectivity index (χ1n) is 6.55. The molecule has 1 N–H and O–H groups in total. The van der Waals surface area contributed by atoms with E-state index in [4.69, 9.17) is 5.11 Å². The molecule has 0 aliphatic carbocycles. The molecular formula is C15H16N2O3S. The summed E-state index contributed by atoms with van der Waals surface area (Å²) in [6.45, 7) is 0.394. The second kappa shape index (κ2) is 7.08. The number of amides is 1. The van der Waals surface area contributed by atoms with Crippen molar-refractivity contribution in [2.24, 2.45) is 4.99 Å². The molecule has 1 aromatic carbocycles. The molecule has 0 radical (unpaired) electrons. The summed E-state index contributed by atoms with van der Waals surface area (Å²) in [7, 11) is 0. The van der Waals surface area contributed by atoms with Crippen LogP contribution in [0.25, 0.3) is 0 Å². The minimum atomic E-state index is -1.04. The van der Waals surface area contributed by atoms with E-state index in [-0.39, 0.29) is 11.7 Å². The lowest BCUT2D eigenvalue weighted by molar-refractivity contribution is -0.137. The number of aliphatic carboxylic acids is 1. The number of hydrogen-bond donors (Lipinski definition) is 2. The lowest BCUT2D eigenvalue weighted by Gasteiger charge is -2.26. The summed E-state index contributed by atoms with van der Waals surface area (Å²) in [5.41, 5.74) is 0.554. The van der Waals surface area contributed by atoms with E-state index < -0.39 is 12.0 Å². The third-order valence-electron chi connectivity index (χ3n) is 3.10. The lowest BCUT2D eigenvalue weighted by atomic mass is 10.1. The zero-order chi connectivity index (χ0) is 15.2. The van der Waals surface area contributed by atoms with Gasteiger partial charge in [0.15, 0.2) is 6.04 Å². The van der Waals surface area contributed by atoms with Crippen LogP contribution in [0.1, 0.15) is 16.8 Å². The van der Waals surface area contributed by atoms with Gasteiger partial charge in [-0.15, -0.1) is 0 Å². The molecule has 1 aliphatic heterocycles. The van der Waals surface area contributed by atoms with Crippen molar-refractivity contribution in [2.75, 3.05) is 12.3 Å². The fourth-order valence-corrected chi connectivity index (χ4v) is 2.24. The molecule has 2 rings (SSSR count). The predicted molar refractivity (Wildman–Crippen MR) is 83.9 cm³/mol. The van der Waals surface area contributed by atoms with Gasteiger partial charge in [0.1, 0.15) is 5.84 Å². The Morgan fingerprint density at radius 1 is 1.29 bits per heavy atom. The van der Waals surface area contributed by atoms with Crippen LogP contribution in [0.15, 0.2) is 47.5 Å². The highest BCUT2D eigenvalue weighted by molar-refractivity contribution is 7.80. The minimum Gasteiger partial charge on any atom is -0.480 e. The number of thiol groups is 1. The summed E-state index contributed by atoms with van der Waals surface area (Å²) in [5.74, 6) is -0.662. The maximum Gasteiger partial charge on any atom is 0.329 e. The zero-order valence-corrected chi connectivity index (χ0v) is 12.2. The zero-order valence-electron chi connectivity index (χ0n) is 11.3. The van der Waals surface area contributed by atoms with Crippen molar-refractivity contribution >= 4 is 30.3 Å². The average Bonchev–Trinajstić information content (AvgIpc) is 2.52. The predicted octanol–water partition coefficient (Wildman–Crippen LogP) is 1.87. The molecule has 6 heteroatoms. The second-order valence-electron chi connectivity index (χ2n) is 4.54. The van der Waals surface area contributed by atoms with Crippen molar-refractivity contribution in [3.05, 3.63) is 48.0 Å². The molecule has 0 saturated carbocycles. The topological polar surface area (TPSA) is 70.0 Å². The summed E-state index contributed by atoms with van der Waals surface area (Å²) in [6.07, 6.45) is 4.19. The van der Waals surface area contributed by atoms with Crippen molar-refractivity contribution < 1.29 is 14.7 Å². The first-order chi connectivity index (χ1) is 10.1. The van der Waals surface area contributed by atoms with Crippen molar-refractivity contribution in [3.8, 4) is 0 Å². The van der Waals surface area contributed by atoms with Crippen LogP contribution in [-0.4, -0.2) is 46.1 Å². The van der Waals surface area contributed by atoms with Gasteiger partial charge in [-0.3, -0.25) is 14.7 Å². The highest BCUT2D eigenvalue weighted by atomic mass is 32.1. The number of rotatable bonds is 4. The van der Waals surface area contributed by atoms with Crippen LogP contribution in [0.3, 0.4) is 0 Å². The maximum absolute atomic E-state index is 12.5. The SMILES string of the molecule is O=C(O)[C@@H](CS)N=C1CC=CCN1C(=O)c1ccccc1. The number of amidine groups is 1. The van der Waals surface area contributed by atoms with Gasteiger partial charge in [-0.2, -0.15) is 12.6 Å². The van der Waals surface area contributed by atoms with Gasteiger partial charge in [-0.1, -0.05) is 30.4 Å². The van der Waals surface area contributed by atoms with E-state index in [0.717, 1.165) is 0 Å². The van der Waals surface area contributed by atoms with E-state index in [9.17, 15) is 9.59 Å². The van der Waals surface area contributed by atoms with Crippen LogP contribution in [0.2, 0.25) is 0 Å². The molecule has 0 aromatic heterocycles. The van der Waals surface area contributed by atoms with Gasteiger partial charge in [0, 0.05) is 24.3 Å². The van der Waals surface area contributed by atoms with Gasteiger partial charge in [-0.25, -0.2) is 4.79 Å². The van der Waals surface area contributed by atoms with Crippen molar-refractivity contribution in [1.82, 2.24) is 4.90 Å². The molecule has 0 spiro atoms. The largest absolute Gasteiger partial charge is 0.480 e. The van der Waals surface area contributed by atoms with Crippen LogP contribution in [0, 0.1) is 0 Å². The van der Waals surface area contributed by atoms with Crippen molar-refractivity contribution in [2.45, 2.75) is 12.5 Å². The summed E-state index contributed by atoms with van der Waals surface area (Å²) in [4.78, 5) is 29.3. The van der Waals surface area contributed by atoms with Gasteiger partial charge in [0.2, 0.25) is 0 Å². The summed E-state index contributed by atoms with van der Waals surface area (Å²) in [6, 6.07) is 7.93. The van der Waals surface area contributed by atoms with E-state index in [1.54, 1.807) is 24.3 Å². The molecule has 1 atom stereocenters. The third kappa shape index (κ3) is 3.72. The summed E-state index contributed by atoms with van der Waals surface area (Å²) >= 11 is 4.00. The van der Waals surface area contributed by atoms with Gasteiger partial charge in [0.25, 0.3) is 5.91 Å². The van der Waals surface area contributed by atoms with E-state index in [1.165, 1.54) is 4.90 Å². The van der Waals surface area contributed by atoms with Crippen LogP contribution < -0.4 is 0 Å². The number of benzene rings is 1. The number of nitrogens with zero attached hydrogens (tertiary/aromatic N) is 2. The summed E-state index contributed by atoms with van der Waals surface area (Å²) in [5, 5.41) is 9.07. The Morgan fingerprint density at radius 2 is 2.00 bits per heavy atom. The minimum absolute atomic E-state index is 0.0932. The highest BCUT2D eigenvalue weighted by Crippen LogP contribution is 2.13. The third-order valence-corrected chi connectivity index (χ3v) is 3.44. The quantitative estimate of drug-likeness (QED) is 0.659. The maximum atomic E-state index is 12.5. The first-order valence-corrected chi connectivity index (χ1v) is 7.19. The molecule has 0 bridgehead atoms. The molecule has 1 aliphatic rings. The molecule has 0 unspecified atom stereocenters. The van der Waals surface area contributed by atoms with Gasteiger partial charge >= 0.3 is 5.97 Å². The highest BCUT2D eigenvalue weighted by Gasteiger charge is 2.24. The van der Waals surface area contributed by atoms with Crippen molar-refractivity contribution in [3.63, 3.8) is 0 Å². The Hall–Kier alpha value is -2.08. The van der Waals surface area contributed by atoms with Gasteiger partial charge in [-0.05, 0) is 12.1 Å². The molecule has 1 aromatic rings. The molecule has 0 saturated heterocycles. The van der Waals surface area contributed by atoms with E-state index >= 15 is 0 Å². The van der Waals surface area contributed by atoms with E-state index in [1.807, 2.05) is 18.2 Å². The van der Waals surface area contributed by atoms with Crippen molar-refractivity contribution in [1.29, 1.82) is 0 Å². The van der Waals surface area contributed by atoms with Gasteiger partial charge in [0.05, 0.1) is 0 Å². The number of carboxylic acids is 1. The smallest absolute Gasteiger partial charge is 0.329 e. The molecule has 0 fully saturated rings. The number of carbonyl (C=O) groups is 2. The molecule has 110 valence electrons. The first kappa shape index (κ1) is 15.3. The Labute approximate surface area is 128 Å². The lowest BCUT2D eigenvalue weighted by Crippen LogP contribution is -2.40. The normalized spacial score (nSPS) is 17.8. The molecule has 5 nitrogen and oxygen atoms in total. The van der Waals surface area contributed by atoms with Gasteiger partial charge < -0.3 is 5.11 Å². The van der Waals surface area contributed by atoms with Crippen LogP contribution in [0.4, 0.5) is 0 Å². The fourth-order valence-electron chi connectivity index (χ4n) is 2.00. The number of aliphatic imine (C=N–C) groups is 1.